The fourth-order valence-electron chi connectivity index (χ4n) is 2.89. The summed E-state index contributed by atoms with van der Waals surface area (Å²) in [6.07, 6.45) is 1.34. The Kier molecular flexibility index (Phi) is 8.95. The van der Waals surface area contributed by atoms with Crippen LogP contribution in [0, 0.1) is 6.92 Å². The summed E-state index contributed by atoms with van der Waals surface area (Å²) in [5, 5.41) is 13.4. The normalized spacial score (nSPS) is 11.8. The third-order valence-electron chi connectivity index (χ3n) is 4.48. The number of anilines is 1. The molecule has 11 heteroatoms. The molecule has 0 aliphatic carbocycles. The highest BCUT2D eigenvalue weighted by atomic mass is 35.5. The highest BCUT2D eigenvalue weighted by molar-refractivity contribution is 7.99. The number of carbonyl (C=O) groups excluding carboxylic acids is 1. The van der Waals surface area contributed by atoms with E-state index in [9.17, 15) is 4.79 Å². The van der Waals surface area contributed by atoms with Crippen LogP contribution >= 0.6 is 58.2 Å². The topological polar surface area (TPSA) is 69.0 Å². The Morgan fingerprint density at radius 3 is 2.58 bits per heavy atom. The average molecular weight is 546 g/mol. The number of rotatable bonds is 9. The molecule has 0 fully saturated rings. The minimum Gasteiger partial charge on any atom is -0.483 e. The summed E-state index contributed by atoms with van der Waals surface area (Å²) in [5.41, 5.74) is 1.29. The van der Waals surface area contributed by atoms with Gasteiger partial charge in [-0.1, -0.05) is 64.2 Å². The molecular weight excluding hydrogens is 526 g/mol. The van der Waals surface area contributed by atoms with Crippen molar-refractivity contribution in [2.75, 3.05) is 11.1 Å². The van der Waals surface area contributed by atoms with Crippen molar-refractivity contribution in [3.8, 4) is 5.75 Å². The first-order valence-corrected chi connectivity index (χ1v) is 12.2. The molecule has 3 aromatic rings. The van der Waals surface area contributed by atoms with E-state index in [1.54, 1.807) is 18.2 Å². The van der Waals surface area contributed by atoms with E-state index in [-0.39, 0.29) is 11.7 Å². The minimum absolute atomic E-state index is 0.0808. The first-order chi connectivity index (χ1) is 15.7. The zero-order valence-corrected chi connectivity index (χ0v) is 21.6. The van der Waals surface area contributed by atoms with Gasteiger partial charge in [0.2, 0.25) is 5.91 Å². The Balaban J connectivity index is 1.69. The van der Waals surface area contributed by atoms with E-state index in [1.165, 1.54) is 23.9 Å². The molecule has 1 aromatic heterocycles. The quantitative estimate of drug-likeness (QED) is 0.174. The van der Waals surface area contributed by atoms with E-state index in [4.69, 9.17) is 51.1 Å². The number of ether oxygens (including phenoxy) is 1. The van der Waals surface area contributed by atoms with Gasteiger partial charge in [-0.2, -0.15) is 0 Å². The van der Waals surface area contributed by atoms with Crippen molar-refractivity contribution in [3.05, 3.63) is 74.5 Å². The van der Waals surface area contributed by atoms with Crippen molar-refractivity contribution in [2.45, 2.75) is 31.7 Å². The van der Waals surface area contributed by atoms with E-state index in [0.717, 1.165) is 5.56 Å². The first-order valence-electron chi connectivity index (χ1n) is 9.73. The van der Waals surface area contributed by atoms with Crippen LogP contribution in [0.15, 0.2) is 48.1 Å². The molecule has 33 heavy (non-hydrogen) atoms. The lowest BCUT2D eigenvalue weighted by atomic mass is 10.2. The molecule has 0 aliphatic heterocycles. The monoisotopic (exact) mass is 544 g/mol. The summed E-state index contributed by atoms with van der Waals surface area (Å²) >= 11 is 25.4. The second kappa shape index (κ2) is 11.5. The van der Waals surface area contributed by atoms with E-state index >= 15 is 0 Å². The number of benzene rings is 2. The highest BCUT2D eigenvalue weighted by Gasteiger charge is 2.20. The summed E-state index contributed by atoms with van der Waals surface area (Å²) < 4.78 is 7.88. The van der Waals surface area contributed by atoms with Gasteiger partial charge in [0.1, 0.15) is 5.75 Å². The largest absolute Gasteiger partial charge is 0.483 e. The predicted octanol–water partition coefficient (Wildman–Crippen LogP) is 7.26. The van der Waals surface area contributed by atoms with Gasteiger partial charge in [-0.25, -0.2) is 0 Å². The maximum absolute atomic E-state index is 12.5. The molecule has 1 atom stereocenters. The Morgan fingerprint density at radius 1 is 1.15 bits per heavy atom. The molecule has 0 radical (unpaired) electrons. The molecule has 0 spiro atoms. The summed E-state index contributed by atoms with van der Waals surface area (Å²) in [6, 6.07) is 8.43. The standard InChI is InChI=1S/C22H20Cl4N4O2S/c1-4-7-30-21(13(3)32-14-5-6-15(23)12(2)8-14)28-29-22(30)33-11-20(31)27-19-10-17(25)16(24)9-18(19)26/h4-6,8-10,13H,1,7,11H2,2-3H3,(H,27,31). The highest BCUT2D eigenvalue weighted by Crippen LogP contribution is 2.32. The number of amides is 1. The first kappa shape index (κ1) is 25.7. The van der Waals surface area contributed by atoms with Crippen LogP contribution in [0.5, 0.6) is 5.75 Å². The molecule has 1 N–H and O–H groups in total. The van der Waals surface area contributed by atoms with Gasteiger partial charge in [0.05, 0.1) is 26.5 Å². The number of halogens is 4. The molecule has 0 saturated heterocycles. The van der Waals surface area contributed by atoms with Gasteiger partial charge in [-0.15, -0.1) is 16.8 Å². The molecular formula is C22H20Cl4N4O2S. The Bertz CT molecular complexity index is 1190. The molecule has 0 saturated carbocycles. The minimum atomic E-state index is -0.392. The third kappa shape index (κ3) is 6.58. The van der Waals surface area contributed by atoms with Gasteiger partial charge in [-0.05, 0) is 49.7 Å². The maximum atomic E-state index is 12.5. The van der Waals surface area contributed by atoms with Crippen LogP contribution in [0.3, 0.4) is 0 Å². The number of hydrogen-bond donors (Lipinski definition) is 1. The number of nitrogens with zero attached hydrogens (tertiary/aromatic N) is 3. The molecule has 6 nitrogen and oxygen atoms in total. The molecule has 3 rings (SSSR count). The van der Waals surface area contributed by atoms with Gasteiger partial charge in [-0.3, -0.25) is 9.36 Å². The molecule has 1 unspecified atom stereocenters. The summed E-state index contributed by atoms with van der Waals surface area (Å²) in [7, 11) is 0. The fourth-order valence-corrected chi connectivity index (χ4v) is 4.36. The van der Waals surface area contributed by atoms with Gasteiger partial charge < -0.3 is 10.1 Å². The van der Waals surface area contributed by atoms with Crippen LogP contribution in [-0.4, -0.2) is 26.4 Å². The number of aromatic nitrogens is 3. The molecule has 2 aromatic carbocycles. The Hall–Kier alpha value is -1.90. The number of allylic oxidation sites excluding steroid dienone is 1. The van der Waals surface area contributed by atoms with Crippen LogP contribution < -0.4 is 10.1 Å². The average Bonchev–Trinajstić information content (AvgIpc) is 3.16. The van der Waals surface area contributed by atoms with Gasteiger partial charge in [0.15, 0.2) is 17.1 Å². The summed E-state index contributed by atoms with van der Waals surface area (Å²) in [6.45, 7) is 8.04. The Labute approximate surface area is 216 Å². The van der Waals surface area contributed by atoms with Crippen molar-refractivity contribution in [1.29, 1.82) is 0 Å². The second-order valence-electron chi connectivity index (χ2n) is 6.99. The number of carbonyl (C=O) groups is 1. The van der Waals surface area contributed by atoms with Crippen molar-refractivity contribution < 1.29 is 9.53 Å². The number of aryl methyl sites for hydroxylation is 1. The van der Waals surface area contributed by atoms with E-state index in [0.29, 0.717) is 49.1 Å². The van der Waals surface area contributed by atoms with E-state index < -0.39 is 6.10 Å². The second-order valence-corrected chi connectivity index (χ2v) is 9.57. The molecule has 0 bridgehead atoms. The van der Waals surface area contributed by atoms with Crippen molar-refractivity contribution >= 4 is 69.8 Å². The molecule has 1 amide bonds. The maximum Gasteiger partial charge on any atom is 0.234 e. The van der Waals surface area contributed by atoms with Gasteiger partial charge in [0, 0.05) is 11.6 Å². The van der Waals surface area contributed by atoms with Crippen LogP contribution in [0.4, 0.5) is 5.69 Å². The van der Waals surface area contributed by atoms with Crippen LogP contribution in [0.25, 0.3) is 0 Å². The van der Waals surface area contributed by atoms with Crippen molar-refractivity contribution in [2.24, 2.45) is 0 Å². The van der Waals surface area contributed by atoms with Crippen LogP contribution in [-0.2, 0) is 11.3 Å². The fraction of sp³-hybridized carbons (Fsp3) is 0.227. The van der Waals surface area contributed by atoms with Crippen molar-refractivity contribution in [3.63, 3.8) is 0 Å². The van der Waals surface area contributed by atoms with E-state index in [2.05, 4.69) is 22.1 Å². The van der Waals surface area contributed by atoms with Crippen LogP contribution in [0.2, 0.25) is 20.1 Å². The van der Waals surface area contributed by atoms with Crippen molar-refractivity contribution in [1.82, 2.24) is 14.8 Å². The summed E-state index contributed by atoms with van der Waals surface area (Å²) in [5.74, 6) is 1.08. The van der Waals surface area contributed by atoms with Crippen LogP contribution in [0.1, 0.15) is 24.4 Å². The SMILES string of the molecule is C=CCn1c(SCC(=O)Nc2cc(Cl)c(Cl)cc2Cl)nnc1C(C)Oc1ccc(Cl)c(C)c1. The van der Waals surface area contributed by atoms with Gasteiger partial charge in [0.25, 0.3) is 0 Å². The lowest BCUT2D eigenvalue weighted by Gasteiger charge is -2.16. The lowest BCUT2D eigenvalue weighted by Crippen LogP contribution is -2.16. The molecule has 1 heterocycles. The lowest BCUT2D eigenvalue weighted by molar-refractivity contribution is -0.113. The zero-order valence-electron chi connectivity index (χ0n) is 17.7. The molecule has 0 aliphatic rings. The molecule has 174 valence electrons. The Morgan fingerprint density at radius 2 is 1.88 bits per heavy atom. The van der Waals surface area contributed by atoms with E-state index in [1.807, 2.05) is 24.5 Å². The number of nitrogens with one attached hydrogen (secondary N) is 1. The predicted molar refractivity (Wildman–Crippen MR) is 136 cm³/mol. The smallest absolute Gasteiger partial charge is 0.234 e. The third-order valence-corrected chi connectivity index (χ3v) is 6.91. The summed E-state index contributed by atoms with van der Waals surface area (Å²) in [4.78, 5) is 12.5. The number of thioether (sulfide) groups is 1. The number of hydrogen-bond acceptors (Lipinski definition) is 5. The zero-order chi connectivity index (χ0) is 24.1. The van der Waals surface area contributed by atoms with Gasteiger partial charge >= 0.3 is 0 Å².